The van der Waals surface area contributed by atoms with E-state index in [0.29, 0.717) is 5.71 Å². The largest absolute Gasteiger partial charge is 0.301 e. The van der Waals surface area contributed by atoms with E-state index >= 15 is 0 Å². The van der Waals surface area contributed by atoms with E-state index in [0.717, 1.165) is 22.8 Å². The van der Waals surface area contributed by atoms with Crippen molar-refractivity contribution < 1.29 is 9.85 Å². The molecule has 0 aliphatic heterocycles. The maximum atomic E-state index is 11.2. The van der Waals surface area contributed by atoms with Gasteiger partial charge in [-0.2, -0.15) is 5.10 Å². The SMILES string of the molecule is C/C(=N\Nc1ccc([N+](=O)[O-])cc1[N+](=O)[O-])c1ccc(-c2ccccc2)cc1. The van der Waals surface area contributed by atoms with Gasteiger partial charge in [-0.25, -0.2) is 0 Å². The fourth-order valence-electron chi connectivity index (χ4n) is 2.62. The van der Waals surface area contributed by atoms with Crippen LogP contribution in [0.2, 0.25) is 0 Å². The molecule has 140 valence electrons. The first-order chi connectivity index (χ1) is 13.5. The minimum atomic E-state index is -0.686. The summed E-state index contributed by atoms with van der Waals surface area (Å²) < 4.78 is 0. The van der Waals surface area contributed by atoms with Crippen molar-refractivity contribution in [1.29, 1.82) is 0 Å². The van der Waals surface area contributed by atoms with Gasteiger partial charge in [0.2, 0.25) is 0 Å². The highest BCUT2D eigenvalue weighted by atomic mass is 16.6. The van der Waals surface area contributed by atoms with Crippen LogP contribution in [0.25, 0.3) is 11.1 Å². The van der Waals surface area contributed by atoms with E-state index in [1.54, 1.807) is 6.92 Å². The molecule has 0 radical (unpaired) electrons. The van der Waals surface area contributed by atoms with Crippen molar-refractivity contribution in [3.05, 3.63) is 98.6 Å². The van der Waals surface area contributed by atoms with Gasteiger partial charge in [-0.1, -0.05) is 54.6 Å². The second kappa shape index (κ2) is 8.09. The topological polar surface area (TPSA) is 111 Å². The molecule has 3 aromatic carbocycles. The molecule has 0 aliphatic rings. The molecule has 0 saturated heterocycles. The number of nitro benzene ring substituents is 2. The number of nitrogens with one attached hydrogen (secondary N) is 1. The monoisotopic (exact) mass is 376 g/mol. The lowest BCUT2D eigenvalue weighted by atomic mass is 10.0. The van der Waals surface area contributed by atoms with Gasteiger partial charge in [0.05, 0.1) is 21.6 Å². The molecule has 0 unspecified atom stereocenters. The minimum absolute atomic E-state index is 0.0795. The summed E-state index contributed by atoms with van der Waals surface area (Å²) in [5.41, 5.74) is 5.57. The molecular formula is C20H16N4O4. The lowest BCUT2D eigenvalue weighted by Crippen LogP contribution is -2.02. The molecule has 0 bridgehead atoms. The molecular weight excluding hydrogens is 360 g/mol. The van der Waals surface area contributed by atoms with Gasteiger partial charge in [-0.3, -0.25) is 25.7 Å². The summed E-state index contributed by atoms with van der Waals surface area (Å²) in [5, 5.41) is 26.2. The van der Waals surface area contributed by atoms with Crippen LogP contribution in [-0.4, -0.2) is 15.6 Å². The molecule has 0 amide bonds. The van der Waals surface area contributed by atoms with Gasteiger partial charge in [0.15, 0.2) is 0 Å². The highest BCUT2D eigenvalue weighted by Crippen LogP contribution is 2.29. The van der Waals surface area contributed by atoms with Crippen LogP contribution in [0.15, 0.2) is 77.9 Å². The van der Waals surface area contributed by atoms with Crippen LogP contribution in [0.4, 0.5) is 17.1 Å². The molecule has 0 saturated carbocycles. The Hall–Kier alpha value is -4.07. The molecule has 0 heterocycles. The third kappa shape index (κ3) is 4.18. The molecule has 3 aromatic rings. The molecule has 0 aromatic heterocycles. The van der Waals surface area contributed by atoms with Crippen LogP contribution in [-0.2, 0) is 0 Å². The molecule has 28 heavy (non-hydrogen) atoms. The summed E-state index contributed by atoms with van der Waals surface area (Å²) >= 11 is 0. The van der Waals surface area contributed by atoms with Gasteiger partial charge in [-0.15, -0.1) is 0 Å². The molecule has 1 N–H and O–H groups in total. The number of nitro groups is 2. The van der Waals surface area contributed by atoms with Crippen LogP contribution in [0.1, 0.15) is 12.5 Å². The summed E-state index contributed by atoms with van der Waals surface area (Å²) in [6.07, 6.45) is 0. The summed E-state index contributed by atoms with van der Waals surface area (Å²) in [4.78, 5) is 20.6. The Kier molecular flexibility index (Phi) is 5.40. The van der Waals surface area contributed by atoms with Gasteiger partial charge in [0.1, 0.15) is 5.69 Å². The molecule has 0 aliphatic carbocycles. The normalized spacial score (nSPS) is 11.1. The van der Waals surface area contributed by atoms with Crippen molar-refractivity contribution in [2.24, 2.45) is 5.10 Å². The molecule has 8 heteroatoms. The van der Waals surface area contributed by atoms with E-state index < -0.39 is 15.5 Å². The second-order valence-corrected chi connectivity index (χ2v) is 5.97. The van der Waals surface area contributed by atoms with Gasteiger partial charge in [0.25, 0.3) is 5.69 Å². The van der Waals surface area contributed by atoms with Gasteiger partial charge < -0.3 is 0 Å². The third-order valence-electron chi connectivity index (χ3n) is 4.14. The Morgan fingerprint density at radius 1 is 0.857 bits per heavy atom. The number of hydrogen-bond donors (Lipinski definition) is 1. The first-order valence-corrected chi connectivity index (χ1v) is 8.34. The molecule has 0 atom stereocenters. The highest BCUT2D eigenvalue weighted by molar-refractivity contribution is 5.99. The van der Waals surface area contributed by atoms with Crippen LogP contribution in [0.3, 0.4) is 0 Å². The van der Waals surface area contributed by atoms with E-state index in [2.05, 4.69) is 10.5 Å². The van der Waals surface area contributed by atoms with Gasteiger partial charge in [-0.05, 0) is 29.7 Å². The zero-order chi connectivity index (χ0) is 20.1. The van der Waals surface area contributed by atoms with E-state index in [1.807, 2.05) is 54.6 Å². The Morgan fingerprint density at radius 3 is 2.11 bits per heavy atom. The van der Waals surface area contributed by atoms with Crippen molar-refractivity contribution >= 4 is 22.8 Å². The third-order valence-corrected chi connectivity index (χ3v) is 4.14. The summed E-state index contributed by atoms with van der Waals surface area (Å²) in [6.45, 7) is 1.77. The van der Waals surface area contributed by atoms with Crippen LogP contribution >= 0.6 is 0 Å². The summed E-state index contributed by atoms with van der Waals surface area (Å²) in [5.74, 6) is 0. The van der Waals surface area contributed by atoms with Gasteiger partial charge in [0, 0.05) is 6.07 Å². The van der Waals surface area contributed by atoms with Crippen LogP contribution in [0, 0.1) is 20.2 Å². The quantitative estimate of drug-likeness (QED) is 0.369. The second-order valence-electron chi connectivity index (χ2n) is 5.97. The number of anilines is 1. The number of rotatable bonds is 6. The lowest BCUT2D eigenvalue weighted by Gasteiger charge is -2.06. The first-order valence-electron chi connectivity index (χ1n) is 8.34. The smallest absolute Gasteiger partial charge is 0.271 e. The van der Waals surface area contributed by atoms with Crippen molar-refractivity contribution in [3.8, 4) is 11.1 Å². The number of hydrazone groups is 1. The number of nitrogens with zero attached hydrogens (tertiary/aromatic N) is 3. The fraction of sp³-hybridized carbons (Fsp3) is 0.0500. The maximum Gasteiger partial charge on any atom is 0.301 e. The zero-order valence-electron chi connectivity index (χ0n) is 14.9. The molecule has 0 spiro atoms. The van der Waals surface area contributed by atoms with Crippen molar-refractivity contribution in [3.63, 3.8) is 0 Å². The number of non-ortho nitro benzene ring substituents is 1. The van der Waals surface area contributed by atoms with E-state index in [1.165, 1.54) is 12.1 Å². The zero-order valence-corrected chi connectivity index (χ0v) is 14.9. The van der Waals surface area contributed by atoms with E-state index in [-0.39, 0.29) is 11.4 Å². The Labute approximate surface area is 160 Å². The maximum absolute atomic E-state index is 11.2. The van der Waals surface area contributed by atoms with Crippen molar-refractivity contribution in [2.45, 2.75) is 6.92 Å². The summed E-state index contributed by atoms with van der Waals surface area (Å²) in [6, 6.07) is 21.1. The predicted molar refractivity (Wildman–Crippen MR) is 107 cm³/mol. The molecule has 8 nitrogen and oxygen atoms in total. The van der Waals surface area contributed by atoms with Crippen LogP contribution < -0.4 is 5.43 Å². The Balaban J connectivity index is 1.81. The number of hydrogen-bond acceptors (Lipinski definition) is 6. The average molecular weight is 376 g/mol. The van der Waals surface area contributed by atoms with Crippen molar-refractivity contribution in [1.82, 2.24) is 0 Å². The Bertz CT molecular complexity index is 1050. The van der Waals surface area contributed by atoms with Crippen LogP contribution in [0.5, 0.6) is 0 Å². The molecule has 0 fully saturated rings. The minimum Gasteiger partial charge on any atom is -0.271 e. The lowest BCUT2D eigenvalue weighted by molar-refractivity contribution is -0.393. The Morgan fingerprint density at radius 2 is 1.50 bits per heavy atom. The molecule has 3 rings (SSSR count). The highest BCUT2D eigenvalue weighted by Gasteiger charge is 2.19. The van der Waals surface area contributed by atoms with Crippen molar-refractivity contribution in [2.75, 3.05) is 5.43 Å². The van der Waals surface area contributed by atoms with E-state index in [4.69, 9.17) is 0 Å². The summed E-state index contributed by atoms with van der Waals surface area (Å²) in [7, 11) is 0. The fourth-order valence-corrected chi connectivity index (χ4v) is 2.62. The predicted octanol–water partition coefficient (Wildman–Crippen LogP) is 5.01. The average Bonchev–Trinajstić information content (AvgIpc) is 2.72. The standard InChI is InChI=1S/C20H16N4O4/c1-14(15-7-9-17(10-8-15)16-5-3-2-4-6-16)21-22-19-12-11-18(23(25)26)13-20(19)24(27)28/h2-13,22H,1H3/b21-14+. The first kappa shape index (κ1) is 18.7. The van der Waals surface area contributed by atoms with Gasteiger partial charge >= 0.3 is 5.69 Å². The van der Waals surface area contributed by atoms with E-state index in [9.17, 15) is 20.2 Å². The number of benzene rings is 3.